The third-order valence-electron chi connectivity index (χ3n) is 3.10. The quantitative estimate of drug-likeness (QED) is 0.845. The van der Waals surface area contributed by atoms with E-state index < -0.39 is 0 Å². The lowest BCUT2D eigenvalue weighted by Crippen LogP contribution is -2.55. The molecule has 0 radical (unpaired) electrons. The van der Waals surface area contributed by atoms with Gasteiger partial charge >= 0.3 is 0 Å². The van der Waals surface area contributed by atoms with E-state index in [-0.39, 0.29) is 11.9 Å². The summed E-state index contributed by atoms with van der Waals surface area (Å²) in [6.45, 7) is 2.32. The van der Waals surface area contributed by atoms with E-state index >= 15 is 0 Å². The fourth-order valence-electron chi connectivity index (χ4n) is 2.08. The Labute approximate surface area is 123 Å². The molecule has 1 atom stereocenters. The molecule has 20 heavy (non-hydrogen) atoms. The molecular weight excluding hydrogens is 276 g/mol. The highest BCUT2D eigenvalue weighted by Gasteiger charge is 2.26. The van der Waals surface area contributed by atoms with Crippen LogP contribution in [-0.2, 0) is 9.47 Å². The zero-order valence-electron chi connectivity index (χ0n) is 11.4. The highest BCUT2D eigenvalue weighted by atomic mass is 32.1. The predicted octanol–water partition coefficient (Wildman–Crippen LogP) is 1.05. The molecule has 1 N–H and O–H groups in total. The molecule has 1 amide bonds. The normalized spacial score (nSPS) is 18.6. The van der Waals surface area contributed by atoms with E-state index in [2.05, 4.69) is 5.32 Å². The maximum atomic E-state index is 12.1. The molecule has 1 heterocycles. The summed E-state index contributed by atoms with van der Waals surface area (Å²) in [4.78, 5) is 14.0. The number of amides is 1. The number of ether oxygens (including phenoxy) is 2. The first-order chi connectivity index (χ1) is 9.72. The van der Waals surface area contributed by atoms with Crippen LogP contribution in [0, 0.1) is 0 Å². The molecule has 6 heteroatoms. The van der Waals surface area contributed by atoms with Crippen LogP contribution in [-0.4, -0.2) is 55.4 Å². The van der Waals surface area contributed by atoms with Gasteiger partial charge in [-0.05, 0) is 24.4 Å². The molecule has 1 aliphatic rings. The van der Waals surface area contributed by atoms with Gasteiger partial charge in [-0.3, -0.25) is 10.1 Å². The standard InChI is InChI=1S/C14H18N2O3S/c1-18-9-12-10-19-8-7-16(12)14(20)15-13(17)11-5-3-2-4-6-11/h2-6,12H,7-10H2,1H3,(H,15,17,20). The molecule has 0 saturated carbocycles. The molecule has 0 spiro atoms. The van der Waals surface area contributed by atoms with Crippen LogP contribution < -0.4 is 5.32 Å². The van der Waals surface area contributed by atoms with Crippen LogP contribution in [0.5, 0.6) is 0 Å². The fourth-order valence-corrected chi connectivity index (χ4v) is 2.42. The average molecular weight is 294 g/mol. The van der Waals surface area contributed by atoms with Crippen molar-refractivity contribution in [3.05, 3.63) is 35.9 Å². The number of carbonyl (C=O) groups is 1. The van der Waals surface area contributed by atoms with Crippen molar-refractivity contribution in [1.82, 2.24) is 10.2 Å². The number of rotatable bonds is 3. The Hall–Kier alpha value is -1.50. The van der Waals surface area contributed by atoms with Crippen LogP contribution in [0.3, 0.4) is 0 Å². The minimum atomic E-state index is -0.196. The van der Waals surface area contributed by atoms with Gasteiger partial charge in [0.25, 0.3) is 5.91 Å². The van der Waals surface area contributed by atoms with Gasteiger partial charge in [0.15, 0.2) is 5.11 Å². The molecule has 0 bridgehead atoms. The van der Waals surface area contributed by atoms with Crippen molar-refractivity contribution in [3.63, 3.8) is 0 Å². The maximum Gasteiger partial charge on any atom is 0.257 e. The third kappa shape index (κ3) is 3.75. The second-order valence-corrected chi connectivity index (χ2v) is 4.89. The minimum Gasteiger partial charge on any atom is -0.382 e. The topological polar surface area (TPSA) is 50.8 Å². The Balaban J connectivity index is 1.98. The molecule has 0 aromatic heterocycles. The molecule has 1 aliphatic heterocycles. The van der Waals surface area contributed by atoms with Gasteiger partial charge in [0.2, 0.25) is 0 Å². The summed E-state index contributed by atoms with van der Waals surface area (Å²) in [7, 11) is 1.64. The first-order valence-electron chi connectivity index (χ1n) is 6.46. The van der Waals surface area contributed by atoms with Crippen LogP contribution >= 0.6 is 12.2 Å². The highest BCUT2D eigenvalue weighted by Crippen LogP contribution is 2.08. The molecule has 108 valence electrons. The number of nitrogens with one attached hydrogen (secondary N) is 1. The van der Waals surface area contributed by atoms with E-state index in [9.17, 15) is 4.79 Å². The number of hydrogen-bond donors (Lipinski definition) is 1. The van der Waals surface area contributed by atoms with Crippen molar-refractivity contribution >= 4 is 23.2 Å². The van der Waals surface area contributed by atoms with E-state index in [1.165, 1.54) is 0 Å². The largest absolute Gasteiger partial charge is 0.382 e. The smallest absolute Gasteiger partial charge is 0.257 e. The Morgan fingerprint density at radius 3 is 2.95 bits per heavy atom. The van der Waals surface area contributed by atoms with Crippen molar-refractivity contribution in [2.75, 3.05) is 33.5 Å². The molecule has 1 aromatic carbocycles. The van der Waals surface area contributed by atoms with Crippen molar-refractivity contribution in [2.24, 2.45) is 0 Å². The number of methoxy groups -OCH3 is 1. The van der Waals surface area contributed by atoms with Gasteiger partial charge in [-0.1, -0.05) is 18.2 Å². The lowest BCUT2D eigenvalue weighted by Gasteiger charge is -2.36. The third-order valence-corrected chi connectivity index (χ3v) is 3.44. The van der Waals surface area contributed by atoms with E-state index in [1.54, 1.807) is 19.2 Å². The number of hydrogen-bond acceptors (Lipinski definition) is 4. The number of nitrogens with zero attached hydrogens (tertiary/aromatic N) is 1. The summed E-state index contributed by atoms with van der Waals surface area (Å²) in [5.74, 6) is -0.196. The SMILES string of the molecule is COCC1COCCN1C(=S)NC(=O)c1ccccc1. The number of carbonyl (C=O) groups excluding carboxylic acids is 1. The van der Waals surface area contributed by atoms with Crippen LogP contribution in [0.4, 0.5) is 0 Å². The van der Waals surface area contributed by atoms with Crippen LogP contribution in [0.1, 0.15) is 10.4 Å². The zero-order chi connectivity index (χ0) is 14.4. The van der Waals surface area contributed by atoms with Gasteiger partial charge in [0.1, 0.15) is 0 Å². The van der Waals surface area contributed by atoms with Crippen LogP contribution in [0.15, 0.2) is 30.3 Å². The fraction of sp³-hybridized carbons (Fsp3) is 0.429. The van der Waals surface area contributed by atoms with Gasteiger partial charge in [0.05, 0.1) is 25.9 Å². The second-order valence-electron chi connectivity index (χ2n) is 4.50. The summed E-state index contributed by atoms with van der Waals surface area (Å²) in [5, 5.41) is 3.18. The molecule has 2 rings (SSSR count). The number of thiocarbonyl (C=S) groups is 1. The van der Waals surface area contributed by atoms with Crippen molar-refractivity contribution in [3.8, 4) is 0 Å². The predicted molar refractivity (Wildman–Crippen MR) is 79.7 cm³/mol. The van der Waals surface area contributed by atoms with Gasteiger partial charge in [-0.2, -0.15) is 0 Å². The van der Waals surface area contributed by atoms with Gasteiger partial charge in [-0.25, -0.2) is 0 Å². The Bertz CT molecular complexity index is 465. The Morgan fingerprint density at radius 1 is 1.50 bits per heavy atom. The highest BCUT2D eigenvalue weighted by molar-refractivity contribution is 7.80. The lowest BCUT2D eigenvalue weighted by molar-refractivity contribution is -0.00471. The van der Waals surface area contributed by atoms with E-state index in [0.717, 1.165) is 0 Å². The summed E-state index contributed by atoms with van der Waals surface area (Å²) >= 11 is 5.32. The zero-order valence-corrected chi connectivity index (χ0v) is 12.2. The van der Waals surface area contributed by atoms with Gasteiger partial charge in [-0.15, -0.1) is 0 Å². The molecule has 1 unspecified atom stereocenters. The summed E-state index contributed by atoms with van der Waals surface area (Å²) in [6, 6.07) is 9.05. The lowest BCUT2D eigenvalue weighted by atomic mass is 10.2. The first kappa shape index (κ1) is 14.9. The first-order valence-corrected chi connectivity index (χ1v) is 6.87. The molecule has 1 aromatic rings. The van der Waals surface area contributed by atoms with E-state index in [0.29, 0.717) is 37.0 Å². The Morgan fingerprint density at radius 2 is 2.25 bits per heavy atom. The van der Waals surface area contributed by atoms with Crippen LogP contribution in [0.2, 0.25) is 0 Å². The van der Waals surface area contributed by atoms with Crippen LogP contribution in [0.25, 0.3) is 0 Å². The molecule has 0 aliphatic carbocycles. The second kappa shape index (κ2) is 7.33. The Kier molecular flexibility index (Phi) is 5.46. The van der Waals surface area contributed by atoms with E-state index in [4.69, 9.17) is 21.7 Å². The van der Waals surface area contributed by atoms with Crippen molar-refractivity contribution < 1.29 is 14.3 Å². The van der Waals surface area contributed by atoms with Crippen molar-refractivity contribution in [1.29, 1.82) is 0 Å². The molecule has 5 nitrogen and oxygen atoms in total. The summed E-state index contributed by atoms with van der Waals surface area (Å²) in [5.41, 5.74) is 0.589. The monoisotopic (exact) mass is 294 g/mol. The summed E-state index contributed by atoms with van der Waals surface area (Å²) in [6.07, 6.45) is 0. The van der Waals surface area contributed by atoms with Gasteiger partial charge in [0, 0.05) is 19.2 Å². The molecule has 1 saturated heterocycles. The average Bonchev–Trinajstić information content (AvgIpc) is 2.49. The van der Waals surface area contributed by atoms with Crippen molar-refractivity contribution in [2.45, 2.75) is 6.04 Å². The molecular formula is C14H18N2O3S. The van der Waals surface area contributed by atoms with Gasteiger partial charge < -0.3 is 14.4 Å². The summed E-state index contributed by atoms with van der Waals surface area (Å²) < 4.78 is 10.6. The molecule has 1 fully saturated rings. The number of benzene rings is 1. The minimum absolute atomic E-state index is 0.0392. The number of morpholine rings is 1. The maximum absolute atomic E-state index is 12.1. The van der Waals surface area contributed by atoms with E-state index in [1.807, 2.05) is 23.1 Å².